The maximum atomic E-state index is 8.81. The van der Waals surface area contributed by atoms with Crippen LogP contribution in [0.4, 0.5) is 0 Å². The van der Waals surface area contributed by atoms with Crippen molar-refractivity contribution in [2.24, 2.45) is 5.73 Å². The molecule has 3 N–H and O–H groups in total. The number of para-hydroxylation sites is 1. The van der Waals surface area contributed by atoms with Crippen molar-refractivity contribution in [3.63, 3.8) is 0 Å². The molecule has 0 radical (unpaired) electrons. The molecule has 1 aromatic carbocycles. The summed E-state index contributed by atoms with van der Waals surface area (Å²) in [5.41, 5.74) is 7.84. The molecule has 3 heteroatoms. The number of aromatic nitrogens is 1. The quantitative estimate of drug-likeness (QED) is 0.795. The summed E-state index contributed by atoms with van der Waals surface area (Å²) < 4.78 is 0. The zero-order valence-corrected chi connectivity index (χ0v) is 8.43. The SMILES string of the molecule is NC(CCO)c1cnc2ccccc2c1. The van der Waals surface area contributed by atoms with Gasteiger partial charge in [0.2, 0.25) is 0 Å². The molecular formula is C12H14N2O. The molecule has 2 aromatic rings. The van der Waals surface area contributed by atoms with Crippen LogP contribution in [0.1, 0.15) is 18.0 Å². The average molecular weight is 202 g/mol. The molecule has 15 heavy (non-hydrogen) atoms. The van der Waals surface area contributed by atoms with Crippen LogP contribution in [-0.4, -0.2) is 16.7 Å². The van der Waals surface area contributed by atoms with Gasteiger partial charge in [-0.3, -0.25) is 4.98 Å². The van der Waals surface area contributed by atoms with Gasteiger partial charge in [0, 0.05) is 24.2 Å². The number of hydrogen-bond donors (Lipinski definition) is 2. The fraction of sp³-hybridized carbons (Fsp3) is 0.250. The van der Waals surface area contributed by atoms with Crippen LogP contribution in [-0.2, 0) is 0 Å². The van der Waals surface area contributed by atoms with Crippen LogP contribution in [0.5, 0.6) is 0 Å². The molecule has 0 aliphatic rings. The predicted octanol–water partition coefficient (Wildman–Crippen LogP) is 1.62. The lowest BCUT2D eigenvalue weighted by Gasteiger charge is -2.10. The van der Waals surface area contributed by atoms with Gasteiger partial charge in [0.15, 0.2) is 0 Å². The first-order chi connectivity index (χ1) is 7.31. The lowest BCUT2D eigenvalue weighted by atomic mass is 10.1. The maximum Gasteiger partial charge on any atom is 0.0702 e. The van der Waals surface area contributed by atoms with Gasteiger partial charge in [-0.2, -0.15) is 0 Å². The Kier molecular flexibility index (Phi) is 2.94. The number of rotatable bonds is 3. The fourth-order valence-corrected chi connectivity index (χ4v) is 1.60. The van der Waals surface area contributed by atoms with Crippen molar-refractivity contribution in [3.8, 4) is 0 Å². The molecule has 0 fully saturated rings. The summed E-state index contributed by atoms with van der Waals surface area (Å²) >= 11 is 0. The van der Waals surface area contributed by atoms with E-state index in [0.717, 1.165) is 16.5 Å². The Morgan fingerprint density at radius 3 is 2.93 bits per heavy atom. The molecule has 0 saturated carbocycles. The molecule has 0 spiro atoms. The van der Waals surface area contributed by atoms with E-state index in [1.807, 2.05) is 30.3 Å². The molecule has 1 aromatic heterocycles. The summed E-state index contributed by atoms with van der Waals surface area (Å²) in [5, 5.41) is 9.90. The molecule has 1 heterocycles. The van der Waals surface area contributed by atoms with Crippen molar-refractivity contribution in [1.29, 1.82) is 0 Å². The molecule has 3 nitrogen and oxygen atoms in total. The Hall–Kier alpha value is -1.45. The number of fused-ring (bicyclic) bond motifs is 1. The zero-order valence-electron chi connectivity index (χ0n) is 8.43. The second-order valence-electron chi connectivity index (χ2n) is 3.58. The first-order valence-corrected chi connectivity index (χ1v) is 5.02. The van der Waals surface area contributed by atoms with E-state index in [1.165, 1.54) is 0 Å². The maximum absolute atomic E-state index is 8.81. The average Bonchev–Trinajstić information content (AvgIpc) is 2.29. The minimum atomic E-state index is -0.132. The number of benzene rings is 1. The Morgan fingerprint density at radius 1 is 1.33 bits per heavy atom. The van der Waals surface area contributed by atoms with E-state index in [4.69, 9.17) is 10.8 Å². The van der Waals surface area contributed by atoms with Crippen LogP contribution in [0, 0.1) is 0 Å². The highest BCUT2D eigenvalue weighted by molar-refractivity contribution is 5.78. The van der Waals surface area contributed by atoms with Crippen molar-refractivity contribution in [3.05, 3.63) is 42.1 Å². The third-order valence-corrected chi connectivity index (χ3v) is 2.48. The standard InChI is InChI=1S/C12H14N2O/c13-11(5-6-15)10-7-9-3-1-2-4-12(9)14-8-10/h1-4,7-8,11,15H,5-6,13H2. The molecule has 78 valence electrons. The van der Waals surface area contributed by atoms with Crippen molar-refractivity contribution in [2.45, 2.75) is 12.5 Å². The highest BCUT2D eigenvalue weighted by Gasteiger charge is 2.06. The first kappa shape index (κ1) is 10.1. The number of nitrogens with two attached hydrogens (primary N) is 1. The van der Waals surface area contributed by atoms with Crippen LogP contribution in [0.15, 0.2) is 36.5 Å². The number of aliphatic hydroxyl groups is 1. The van der Waals surface area contributed by atoms with Crippen molar-refractivity contribution >= 4 is 10.9 Å². The smallest absolute Gasteiger partial charge is 0.0702 e. The van der Waals surface area contributed by atoms with Crippen molar-refractivity contribution in [2.75, 3.05) is 6.61 Å². The molecule has 0 bridgehead atoms. The second-order valence-corrected chi connectivity index (χ2v) is 3.58. The number of aliphatic hydroxyl groups excluding tert-OH is 1. The Balaban J connectivity index is 2.38. The third kappa shape index (κ3) is 2.14. The topological polar surface area (TPSA) is 59.1 Å². The van der Waals surface area contributed by atoms with Gasteiger partial charge in [-0.1, -0.05) is 18.2 Å². The summed E-state index contributed by atoms with van der Waals surface area (Å²) in [5.74, 6) is 0. The minimum absolute atomic E-state index is 0.105. The summed E-state index contributed by atoms with van der Waals surface area (Å²) in [4.78, 5) is 4.32. The van der Waals surface area contributed by atoms with Gasteiger partial charge in [-0.15, -0.1) is 0 Å². The Labute approximate surface area is 88.6 Å². The van der Waals surface area contributed by atoms with Gasteiger partial charge >= 0.3 is 0 Å². The number of hydrogen-bond acceptors (Lipinski definition) is 3. The Bertz CT molecular complexity index is 456. The van der Waals surface area contributed by atoms with Gasteiger partial charge in [-0.05, 0) is 24.1 Å². The van der Waals surface area contributed by atoms with Gasteiger partial charge in [0.1, 0.15) is 0 Å². The van der Waals surface area contributed by atoms with E-state index in [1.54, 1.807) is 6.20 Å². The van der Waals surface area contributed by atoms with Crippen LogP contribution in [0.25, 0.3) is 10.9 Å². The van der Waals surface area contributed by atoms with Crippen LogP contribution in [0.2, 0.25) is 0 Å². The molecule has 1 unspecified atom stereocenters. The van der Waals surface area contributed by atoms with Gasteiger partial charge in [0.25, 0.3) is 0 Å². The van der Waals surface area contributed by atoms with Gasteiger partial charge in [-0.25, -0.2) is 0 Å². The number of nitrogens with zero attached hydrogens (tertiary/aromatic N) is 1. The van der Waals surface area contributed by atoms with Crippen LogP contribution < -0.4 is 5.73 Å². The van der Waals surface area contributed by atoms with Crippen LogP contribution >= 0.6 is 0 Å². The van der Waals surface area contributed by atoms with Gasteiger partial charge < -0.3 is 10.8 Å². The van der Waals surface area contributed by atoms with E-state index in [0.29, 0.717) is 6.42 Å². The van der Waals surface area contributed by atoms with E-state index in [-0.39, 0.29) is 12.6 Å². The highest BCUT2D eigenvalue weighted by atomic mass is 16.3. The normalized spacial score (nSPS) is 12.9. The minimum Gasteiger partial charge on any atom is -0.396 e. The molecule has 0 aliphatic heterocycles. The van der Waals surface area contributed by atoms with Crippen molar-refractivity contribution in [1.82, 2.24) is 4.98 Å². The summed E-state index contributed by atoms with van der Waals surface area (Å²) in [7, 11) is 0. The van der Waals surface area contributed by atoms with Crippen LogP contribution in [0.3, 0.4) is 0 Å². The molecule has 0 amide bonds. The lowest BCUT2D eigenvalue weighted by Crippen LogP contribution is -2.12. The summed E-state index contributed by atoms with van der Waals surface area (Å²) in [6.07, 6.45) is 2.35. The van der Waals surface area contributed by atoms with E-state index < -0.39 is 0 Å². The summed E-state index contributed by atoms with van der Waals surface area (Å²) in [6.45, 7) is 0.105. The third-order valence-electron chi connectivity index (χ3n) is 2.48. The zero-order chi connectivity index (χ0) is 10.7. The van der Waals surface area contributed by atoms with E-state index >= 15 is 0 Å². The lowest BCUT2D eigenvalue weighted by molar-refractivity contribution is 0.276. The second kappa shape index (κ2) is 4.38. The Morgan fingerprint density at radius 2 is 2.13 bits per heavy atom. The molecule has 2 rings (SSSR count). The highest BCUT2D eigenvalue weighted by Crippen LogP contribution is 2.18. The number of pyridine rings is 1. The monoisotopic (exact) mass is 202 g/mol. The molecule has 0 saturated heterocycles. The largest absolute Gasteiger partial charge is 0.396 e. The van der Waals surface area contributed by atoms with Gasteiger partial charge in [0.05, 0.1) is 5.52 Å². The fourth-order valence-electron chi connectivity index (χ4n) is 1.60. The molecule has 0 aliphatic carbocycles. The molecule has 1 atom stereocenters. The molecular weight excluding hydrogens is 188 g/mol. The summed E-state index contributed by atoms with van der Waals surface area (Å²) in [6, 6.07) is 9.82. The predicted molar refractivity (Wildman–Crippen MR) is 60.4 cm³/mol. The van der Waals surface area contributed by atoms with Crippen molar-refractivity contribution < 1.29 is 5.11 Å². The van der Waals surface area contributed by atoms with E-state index in [9.17, 15) is 0 Å². The van der Waals surface area contributed by atoms with E-state index in [2.05, 4.69) is 4.98 Å². The first-order valence-electron chi connectivity index (χ1n) is 5.02.